The monoisotopic (exact) mass is 146 g/mol. The summed E-state index contributed by atoms with van der Waals surface area (Å²) in [6.45, 7) is 0. The predicted molar refractivity (Wildman–Crippen MR) is 41.8 cm³/mol. The maximum Gasteiger partial charge on any atom is 0.0540 e. The van der Waals surface area contributed by atoms with Crippen LogP contribution in [0.5, 0.6) is 0 Å². The Morgan fingerprint density at radius 1 is 1.11 bits per heavy atom. The van der Waals surface area contributed by atoms with Crippen LogP contribution in [-0.2, 0) is 0 Å². The topological polar surface area (TPSA) is 20.2 Å². The summed E-state index contributed by atoms with van der Waals surface area (Å²) >= 11 is 2.02. The van der Waals surface area contributed by atoms with Gasteiger partial charge in [0.25, 0.3) is 0 Å². The Kier molecular flexibility index (Phi) is 3.44. The van der Waals surface area contributed by atoms with E-state index >= 15 is 0 Å². The normalized spacial score (nSPS) is 25.0. The van der Waals surface area contributed by atoms with Crippen molar-refractivity contribution in [3.05, 3.63) is 0 Å². The van der Waals surface area contributed by atoms with Crippen LogP contribution in [0.2, 0.25) is 0 Å². The van der Waals surface area contributed by atoms with E-state index in [-0.39, 0.29) is 6.10 Å². The van der Waals surface area contributed by atoms with Crippen molar-refractivity contribution in [1.29, 1.82) is 0 Å². The van der Waals surface area contributed by atoms with Crippen LogP contribution in [0.3, 0.4) is 0 Å². The van der Waals surface area contributed by atoms with E-state index in [4.69, 9.17) is 0 Å². The van der Waals surface area contributed by atoms with Crippen molar-refractivity contribution in [1.82, 2.24) is 0 Å². The fourth-order valence-electron chi connectivity index (χ4n) is 1.09. The summed E-state index contributed by atoms with van der Waals surface area (Å²) < 4.78 is 0. The van der Waals surface area contributed by atoms with Gasteiger partial charge in [0.05, 0.1) is 6.10 Å². The maximum atomic E-state index is 9.20. The molecule has 0 spiro atoms. The molecule has 9 heavy (non-hydrogen) atoms. The molecule has 1 rings (SSSR count). The number of hydrogen-bond acceptors (Lipinski definition) is 2. The summed E-state index contributed by atoms with van der Waals surface area (Å²) in [5.41, 5.74) is 0. The van der Waals surface area contributed by atoms with E-state index in [2.05, 4.69) is 0 Å². The van der Waals surface area contributed by atoms with Crippen LogP contribution in [0, 0.1) is 0 Å². The van der Waals surface area contributed by atoms with E-state index in [9.17, 15) is 5.11 Å². The lowest BCUT2D eigenvalue weighted by Crippen LogP contribution is -2.09. The minimum atomic E-state index is 0.00546. The first-order valence-electron chi connectivity index (χ1n) is 3.65. The van der Waals surface area contributed by atoms with Crippen molar-refractivity contribution in [2.24, 2.45) is 0 Å². The van der Waals surface area contributed by atoms with E-state index in [0.29, 0.717) is 0 Å². The molecule has 1 heterocycles. The van der Waals surface area contributed by atoms with Crippen LogP contribution in [0.1, 0.15) is 25.7 Å². The SMILES string of the molecule is OC1CCCSCCC1. The molecule has 1 aliphatic rings. The van der Waals surface area contributed by atoms with Crippen molar-refractivity contribution in [2.75, 3.05) is 11.5 Å². The minimum Gasteiger partial charge on any atom is -0.393 e. The summed E-state index contributed by atoms with van der Waals surface area (Å²) in [4.78, 5) is 0. The van der Waals surface area contributed by atoms with Gasteiger partial charge in [-0.2, -0.15) is 11.8 Å². The molecule has 0 atom stereocenters. The highest BCUT2D eigenvalue weighted by Crippen LogP contribution is 2.15. The summed E-state index contributed by atoms with van der Waals surface area (Å²) in [5.74, 6) is 2.49. The molecule has 1 saturated heterocycles. The van der Waals surface area contributed by atoms with Gasteiger partial charge in [0.15, 0.2) is 0 Å². The zero-order valence-electron chi connectivity index (χ0n) is 5.68. The van der Waals surface area contributed by atoms with E-state index in [0.717, 1.165) is 12.8 Å². The Morgan fingerprint density at radius 2 is 1.67 bits per heavy atom. The third-order valence-corrected chi connectivity index (χ3v) is 2.81. The molecule has 1 aliphatic heterocycles. The van der Waals surface area contributed by atoms with Crippen molar-refractivity contribution in [2.45, 2.75) is 31.8 Å². The molecule has 1 fully saturated rings. The average Bonchev–Trinajstić information content (AvgIpc) is 1.79. The number of aliphatic hydroxyl groups excluding tert-OH is 1. The standard InChI is InChI=1S/C7H14OS/c8-7-3-1-5-9-6-2-4-7/h7-8H,1-6H2. The third kappa shape index (κ3) is 3.11. The lowest BCUT2D eigenvalue weighted by molar-refractivity contribution is 0.152. The zero-order valence-corrected chi connectivity index (χ0v) is 6.49. The molecule has 54 valence electrons. The second kappa shape index (κ2) is 4.18. The van der Waals surface area contributed by atoms with Crippen LogP contribution >= 0.6 is 11.8 Å². The summed E-state index contributed by atoms with van der Waals surface area (Å²) in [5, 5.41) is 9.20. The minimum absolute atomic E-state index is 0.00546. The Hall–Kier alpha value is 0.310. The molecule has 0 aromatic heterocycles. The van der Waals surface area contributed by atoms with Gasteiger partial charge in [0.2, 0.25) is 0 Å². The first-order chi connectivity index (χ1) is 4.39. The Labute approximate surface area is 60.8 Å². The third-order valence-electron chi connectivity index (χ3n) is 1.65. The van der Waals surface area contributed by atoms with Crippen LogP contribution in [-0.4, -0.2) is 22.7 Å². The second-order valence-corrected chi connectivity index (χ2v) is 3.78. The molecule has 2 heteroatoms. The molecule has 0 unspecified atom stereocenters. The molecule has 0 aromatic carbocycles. The van der Waals surface area contributed by atoms with Crippen molar-refractivity contribution >= 4 is 11.8 Å². The first kappa shape index (κ1) is 7.42. The summed E-state index contributed by atoms with van der Waals surface area (Å²) in [6, 6.07) is 0. The van der Waals surface area contributed by atoms with Crippen molar-refractivity contribution < 1.29 is 5.11 Å². The molecule has 0 aromatic rings. The molecule has 0 bridgehead atoms. The lowest BCUT2D eigenvalue weighted by atomic mass is 10.1. The number of hydrogen-bond donors (Lipinski definition) is 1. The number of rotatable bonds is 0. The molecular formula is C7H14OS. The highest BCUT2D eigenvalue weighted by atomic mass is 32.2. The van der Waals surface area contributed by atoms with E-state index in [1.165, 1.54) is 24.3 Å². The van der Waals surface area contributed by atoms with Gasteiger partial charge in [-0.05, 0) is 37.2 Å². The molecule has 0 amide bonds. The van der Waals surface area contributed by atoms with Crippen molar-refractivity contribution in [3.63, 3.8) is 0 Å². The average molecular weight is 146 g/mol. The summed E-state index contributed by atoms with van der Waals surface area (Å²) in [6.07, 6.45) is 4.45. The van der Waals surface area contributed by atoms with Crippen LogP contribution in [0.25, 0.3) is 0 Å². The van der Waals surface area contributed by atoms with Gasteiger partial charge in [-0.1, -0.05) is 0 Å². The van der Waals surface area contributed by atoms with Gasteiger partial charge in [0.1, 0.15) is 0 Å². The Morgan fingerprint density at radius 3 is 2.22 bits per heavy atom. The first-order valence-corrected chi connectivity index (χ1v) is 4.81. The van der Waals surface area contributed by atoms with Gasteiger partial charge in [0, 0.05) is 0 Å². The quantitative estimate of drug-likeness (QED) is 0.561. The fraction of sp³-hybridized carbons (Fsp3) is 1.00. The lowest BCUT2D eigenvalue weighted by Gasteiger charge is -2.12. The van der Waals surface area contributed by atoms with Crippen molar-refractivity contribution in [3.8, 4) is 0 Å². The van der Waals surface area contributed by atoms with Gasteiger partial charge < -0.3 is 5.11 Å². The Bertz CT molecular complexity index is 67.3. The molecule has 0 aliphatic carbocycles. The largest absolute Gasteiger partial charge is 0.393 e. The van der Waals surface area contributed by atoms with Gasteiger partial charge in [-0.3, -0.25) is 0 Å². The maximum absolute atomic E-state index is 9.20. The smallest absolute Gasteiger partial charge is 0.0540 e. The van der Waals surface area contributed by atoms with E-state index in [1.807, 2.05) is 11.8 Å². The van der Waals surface area contributed by atoms with Gasteiger partial charge in [-0.15, -0.1) is 0 Å². The molecule has 1 nitrogen and oxygen atoms in total. The summed E-state index contributed by atoms with van der Waals surface area (Å²) in [7, 11) is 0. The zero-order chi connectivity index (χ0) is 6.53. The fourth-order valence-corrected chi connectivity index (χ4v) is 2.03. The van der Waals surface area contributed by atoms with Crippen LogP contribution < -0.4 is 0 Å². The highest BCUT2D eigenvalue weighted by molar-refractivity contribution is 7.99. The van der Waals surface area contributed by atoms with Gasteiger partial charge in [-0.25, -0.2) is 0 Å². The molecule has 1 N–H and O–H groups in total. The molecule has 0 saturated carbocycles. The second-order valence-electron chi connectivity index (χ2n) is 2.55. The predicted octanol–water partition coefficient (Wildman–Crippen LogP) is 1.65. The van der Waals surface area contributed by atoms with Crippen LogP contribution in [0.15, 0.2) is 0 Å². The molecule has 0 radical (unpaired) electrons. The van der Waals surface area contributed by atoms with E-state index in [1.54, 1.807) is 0 Å². The van der Waals surface area contributed by atoms with Gasteiger partial charge >= 0.3 is 0 Å². The highest BCUT2D eigenvalue weighted by Gasteiger charge is 2.06. The van der Waals surface area contributed by atoms with E-state index < -0.39 is 0 Å². The number of aliphatic hydroxyl groups is 1. The van der Waals surface area contributed by atoms with Crippen LogP contribution in [0.4, 0.5) is 0 Å². The Balaban J connectivity index is 2.12. The molecular weight excluding hydrogens is 132 g/mol. The number of thioether (sulfide) groups is 1.